The van der Waals surface area contributed by atoms with Crippen molar-refractivity contribution in [3.05, 3.63) is 46.5 Å². The zero-order valence-electron chi connectivity index (χ0n) is 8.46. The van der Waals surface area contributed by atoms with E-state index in [1.165, 1.54) is 30.4 Å². The molecule has 0 saturated heterocycles. The molecule has 1 atom stereocenters. The van der Waals surface area contributed by atoms with Crippen LogP contribution in [0.25, 0.3) is 0 Å². The van der Waals surface area contributed by atoms with Gasteiger partial charge in [0.1, 0.15) is 0 Å². The maximum Gasteiger partial charge on any atom is 0.0406 e. The average molecular weight is 207 g/mol. The highest BCUT2D eigenvalue weighted by Gasteiger charge is 2.13. The van der Waals surface area contributed by atoms with Crippen LogP contribution in [0.1, 0.15) is 37.7 Å². The quantitative estimate of drug-likeness (QED) is 0.592. The standard InChI is InChI=1S/C13H15Cl/c1-10-2-4-11(5-3-10)12-6-8-13(14)9-7-12/h2,6-9,11H,3-5H2,1H3. The fraction of sp³-hybridized carbons (Fsp3) is 0.385. The monoisotopic (exact) mass is 206 g/mol. The van der Waals surface area contributed by atoms with Gasteiger partial charge in [-0.15, -0.1) is 0 Å². The number of benzene rings is 1. The van der Waals surface area contributed by atoms with Crippen LogP contribution in [0.2, 0.25) is 5.02 Å². The molecule has 0 bridgehead atoms. The molecule has 1 heteroatoms. The third-order valence-corrected chi connectivity index (χ3v) is 3.23. The molecule has 0 N–H and O–H groups in total. The highest BCUT2D eigenvalue weighted by atomic mass is 35.5. The highest BCUT2D eigenvalue weighted by molar-refractivity contribution is 6.30. The minimum absolute atomic E-state index is 0.705. The van der Waals surface area contributed by atoms with Gasteiger partial charge in [-0.05, 0) is 49.8 Å². The Bertz CT molecular complexity index is 335. The van der Waals surface area contributed by atoms with Gasteiger partial charge in [-0.3, -0.25) is 0 Å². The van der Waals surface area contributed by atoms with Gasteiger partial charge in [-0.1, -0.05) is 35.4 Å². The summed E-state index contributed by atoms with van der Waals surface area (Å²) >= 11 is 5.86. The fourth-order valence-electron chi connectivity index (χ4n) is 2.00. The first-order valence-corrected chi connectivity index (χ1v) is 5.54. The molecule has 1 aliphatic carbocycles. The largest absolute Gasteiger partial charge is 0.0850 e. The maximum atomic E-state index is 5.86. The van der Waals surface area contributed by atoms with Crippen LogP contribution in [0.5, 0.6) is 0 Å². The van der Waals surface area contributed by atoms with Crippen molar-refractivity contribution in [2.75, 3.05) is 0 Å². The van der Waals surface area contributed by atoms with Gasteiger partial charge in [-0.25, -0.2) is 0 Å². The second-order valence-corrected chi connectivity index (χ2v) is 4.51. The maximum absolute atomic E-state index is 5.86. The molecule has 1 aromatic rings. The number of allylic oxidation sites excluding steroid dienone is 2. The first-order chi connectivity index (χ1) is 6.75. The van der Waals surface area contributed by atoms with E-state index in [9.17, 15) is 0 Å². The van der Waals surface area contributed by atoms with E-state index < -0.39 is 0 Å². The normalized spacial score (nSPS) is 21.9. The summed E-state index contributed by atoms with van der Waals surface area (Å²) in [7, 11) is 0. The van der Waals surface area contributed by atoms with Crippen molar-refractivity contribution in [1.29, 1.82) is 0 Å². The number of hydrogen-bond acceptors (Lipinski definition) is 0. The number of rotatable bonds is 1. The van der Waals surface area contributed by atoms with Crippen LogP contribution in [-0.2, 0) is 0 Å². The van der Waals surface area contributed by atoms with Crippen molar-refractivity contribution in [2.24, 2.45) is 0 Å². The topological polar surface area (TPSA) is 0 Å². The molecule has 1 aliphatic rings. The Morgan fingerprint density at radius 1 is 1.21 bits per heavy atom. The van der Waals surface area contributed by atoms with Crippen molar-refractivity contribution in [3.8, 4) is 0 Å². The van der Waals surface area contributed by atoms with Crippen LogP contribution in [0, 0.1) is 0 Å². The average Bonchev–Trinajstić information content (AvgIpc) is 2.21. The first-order valence-electron chi connectivity index (χ1n) is 5.17. The first kappa shape index (κ1) is 9.79. The lowest BCUT2D eigenvalue weighted by molar-refractivity contribution is 0.599. The SMILES string of the molecule is CC1=CCC(c2ccc(Cl)cc2)CC1. The third kappa shape index (κ3) is 2.19. The van der Waals surface area contributed by atoms with Gasteiger partial charge >= 0.3 is 0 Å². The van der Waals surface area contributed by atoms with Gasteiger partial charge in [0.2, 0.25) is 0 Å². The Labute approximate surface area is 90.6 Å². The van der Waals surface area contributed by atoms with Crippen LogP contribution < -0.4 is 0 Å². The summed E-state index contributed by atoms with van der Waals surface area (Å²) in [5.41, 5.74) is 2.97. The van der Waals surface area contributed by atoms with Crippen molar-refractivity contribution in [3.63, 3.8) is 0 Å². The summed E-state index contributed by atoms with van der Waals surface area (Å²) in [5.74, 6) is 0.705. The lowest BCUT2D eigenvalue weighted by Crippen LogP contribution is -2.02. The van der Waals surface area contributed by atoms with E-state index in [2.05, 4.69) is 25.1 Å². The van der Waals surface area contributed by atoms with Crippen LogP contribution >= 0.6 is 11.6 Å². The zero-order valence-corrected chi connectivity index (χ0v) is 9.22. The van der Waals surface area contributed by atoms with Gasteiger partial charge < -0.3 is 0 Å². The molecule has 0 heterocycles. The summed E-state index contributed by atoms with van der Waals surface area (Å²) in [6.45, 7) is 2.22. The number of hydrogen-bond donors (Lipinski definition) is 0. The fourth-order valence-corrected chi connectivity index (χ4v) is 2.13. The third-order valence-electron chi connectivity index (χ3n) is 2.98. The van der Waals surface area contributed by atoms with E-state index in [1.54, 1.807) is 0 Å². The molecular weight excluding hydrogens is 192 g/mol. The zero-order chi connectivity index (χ0) is 9.97. The van der Waals surface area contributed by atoms with E-state index in [0.717, 1.165) is 5.02 Å². The van der Waals surface area contributed by atoms with Crippen LogP contribution in [0.15, 0.2) is 35.9 Å². The van der Waals surface area contributed by atoms with E-state index in [1.807, 2.05) is 12.1 Å². The molecule has 2 rings (SSSR count). The van der Waals surface area contributed by atoms with Crippen LogP contribution in [0.3, 0.4) is 0 Å². The Balaban J connectivity index is 2.13. The van der Waals surface area contributed by atoms with Gasteiger partial charge in [0.15, 0.2) is 0 Å². The molecule has 0 nitrogen and oxygen atoms in total. The Kier molecular flexibility index (Phi) is 2.93. The molecule has 1 unspecified atom stereocenters. The van der Waals surface area contributed by atoms with E-state index in [0.29, 0.717) is 5.92 Å². The summed E-state index contributed by atoms with van der Waals surface area (Å²) in [6.07, 6.45) is 6.08. The summed E-state index contributed by atoms with van der Waals surface area (Å²) in [5, 5.41) is 0.830. The number of halogens is 1. The highest BCUT2D eigenvalue weighted by Crippen LogP contribution is 2.32. The molecule has 1 aromatic carbocycles. The van der Waals surface area contributed by atoms with Crippen molar-refractivity contribution in [2.45, 2.75) is 32.1 Å². The Hall–Kier alpha value is -0.750. The molecule has 74 valence electrons. The van der Waals surface area contributed by atoms with Gasteiger partial charge in [0, 0.05) is 5.02 Å². The van der Waals surface area contributed by atoms with Crippen LogP contribution in [0.4, 0.5) is 0 Å². The molecule has 0 spiro atoms. The Morgan fingerprint density at radius 2 is 1.93 bits per heavy atom. The Morgan fingerprint density at radius 3 is 2.50 bits per heavy atom. The lowest BCUT2D eigenvalue weighted by atomic mass is 9.85. The summed E-state index contributed by atoms with van der Waals surface area (Å²) in [4.78, 5) is 0. The molecule has 14 heavy (non-hydrogen) atoms. The summed E-state index contributed by atoms with van der Waals surface area (Å²) < 4.78 is 0. The second-order valence-electron chi connectivity index (χ2n) is 4.07. The summed E-state index contributed by atoms with van der Waals surface area (Å²) in [6, 6.07) is 8.28. The molecule has 0 saturated carbocycles. The second kappa shape index (κ2) is 4.18. The molecular formula is C13H15Cl. The minimum atomic E-state index is 0.705. The van der Waals surface area contributed by atoms with E-state index in [-0.39, 0.29) is 0 Å². The molecule has 0 amide bonds. The smallest absolute Gasteiger partial charge is 0.0406 e. The van der Waals surface area contributed by atoms with Crippen molar-refractivity contribution < 1.29 is 0 Å². The molecule has 0 aromatic heterocycles. The predicted octanol–water partition coefficient (Wildman–Crippen LogP) is 4.55. The van der Waals surface area contributed by atoms with Gasteiger partial charge in [0.25, 0.3) is 0 Å². The predicted molar refractivity (Wildman–Crippen MR) is 61.8 cm³/mol. The van der Waals surface area contributed by atoms with Crippen molar-refractivity contribution >= 4 is 11.6 Å². The minimum Gasteiger partial charge on any atom is -0.0850 e. The van der Waals surface area contributed by atoms with Crippen molar-refractivity contribution in [1.82, 2.24) is 0 Å². The molecule has 0 aliphatic heterocycles. The van der Waals surface area contributed by atoms with Gasteiger partial charge in [-0.2, -0.15) is 0 Å². The van der Waals surface area contributed by atoms with E-state index in [4.69, 9.17) is 11.6 Å². The van der Waals surface area contributed by atoms with Gasteiger partial charge in [0.05, 0.1) is 0 Å². The van der Waals surface area contributed by atoms with E-state index >= 15 is 0 Å². The lowest BCUT2D eigenvalue weighted by Gasteiger charge is -2.20. The molecule has 0 fully saturated rings. The van der Waals surface area contributed by atoms with Crippen LogP contribution in [-0.4, -0.2) is 0 Å². The molecule has 0 radical (unpaired) electrons.